The Bertz CT molecular complexity index is 384. The van der Waals surface area contributed by atoms with Gasteiger partial charge in [-0.05, 0) is 13.0 Å². The first-order chi connectivity index (χ1) is 6.57. The number of nitriles is 1. The molecule has 1 aromatic rings. The molecule has 0 saturated carbocycles. The Labute approximate surface area is 87.7 Å². The monoisotopic (exact) mass is 210 g/mol. The van der Waals surface area contributed by atoms with Crippen molar-refractivity contribution in [2.75, 3.05) is 0 Å². The molecule has 0 spiro atoms. The second-order valence-corrected chi connectivity index (χ2v) is 3.49. The van der Waals surface area contributed by atoms with Gasteiger partial charge in [-0.25, -0.2) is 0 Å². The highest BCUT2D eigenvalue weighted by Crippen LogP contribution is 2.32. The van der Waals surface area contributed by atoms with Gasteiger partial charge < -0.3 is 10.8 Å². The van der Waals surface area contributed by atoms with Crippen LogP contribution in [0.4, 0.5) is 0 Å². The van der Waals surface area contributed by atoms with Gasteiger partial charge in [0.05, 0.1) is 12.5 Å². The molecule has 0 aromatic heterocycles. The predicted molar refractivity (Wildman–Crippen MR) is 55.0 cm³/mol. The zero-order valence-corrected chi connectivity index (χ0v) is 8.54. The molecule has 1 rings (SSSR count). The second-order valence-electron chi connectivity index (χ2n) is 3.08. The van der Waals surface area contributed by atoms with Crippen LogP contribution in [0.1, 0.15) is 23.6 Å². The van der Waals surface area contributed by atoms with E-state index in [-0.39, 0.29) is 12.2 Å². The van der Waals surface area contributed by atoms with E-state index in [2.05, 4.69) is 0 Å². The second kappa shape index (κ2) is 4.32. The Morgan fingerprint density at radius 3 is 2.86 bits per heavy atom. The highest BCUT2D eigenvalue weighted by atomic mass is 35.5. The maximum Gasteiger partial charge on any atom is 0.124 e. The third-order valence-electron chi connectivity index (χ3n) is 2.11. The summed E-state index contributed by atoms with van der Waals surface area (Å²) in [6, 6.07) is 4.81. The zero-order chi connectivity index (χ0) is 10.7. The van der Waals surface area contributed by atoms with Gasteiger partial charge in [0, 0.05) is 22.2 Å². The van der Waals surface area contributed by atoms with Crippen LogP contribution in [0.5, 0.6) is 5.75 Å². The fourth-order valence-corrected chi connectivity index (χ4v) is 1.36. The maximum atomic E-state index is 9.70. The van der Waals surface area contributed by atoms with Gasteiger partial charge in [-0.1, -0.05) is 17.7 Å². The number of phenols is 1. The van der Waals surface area contributed by atoms with Crippen LogP contribution in [0.25, 0.3) is 0 Å². The molecule has 1 atom stereocenters. The highest BCUT2D eigenvalue weighted by molar-refractivity contribution is 6.31. The van der Waals surface area contributed by atoms with E-state index in [1.807, 2.05) is 6.07 Å². The number of nitrogens with two attached hydrogens (primary N) is 1. The molecule has 1 aromatic carbocycles. The van der Waals surface area contributed by atoms with Crippen molar-refractivity contribution in [3.8, 4) is 11.8 Å². The van der Waals surface area contributed by atoms with E-state index in [1.165, 1.54) is 0 Å². The molecule has 3 nitrogen and oxygen atoms in total. The molecule has 0 fully saturated rings. The van der Waals surface area contributed by atoms with Gasteiger partial charge in [-0.15, -0.1) is 0 Å². The molecule has 14 heavy (non-hydrogen) atoms. The van der Waals surface area contributed by atoms with Crippen molar-refractivity contribution in [1.82, 2.24) is 0 Å². The first kappa shape index (κ1) is 10.8. The van der Waals surface area contributed by atoms with E-state index in [1.54, 1.807) is 19.1 Å². The van der Waals surface area contributed by atoms with Gasteiger partial charge in [0.25, 0.3) is 0 Å². The number of hydrogen-bond acceptors (Lipinski definition) is 3. The Morgan fingerprint density at radius 2 is 2.29 bits per heavy atom. The van der Waals surface area contributed by atoms with Crippen LogP contribution in [0.3, 0.4) is 0 Å². The molecule has 0 radical (unpaired) electrons. The minimum absolute atomic E-state index is 0.0836. The molecule has 0 bridgehead atoms. The van der Waals surface area contributed by atoms with E-state index >= 15 is 0 Å². The van der Waals surface area contributed by atoms with Crippen LogP contribution < -0.4 is 5.73 Å². The third kappa shape index (κ3) is 1.98. The summed E-state index contributed by atoms with van der Waals surface area (Å²) in [6.45, 7) is 1.71. The summed E-state index contributed by atoms with van der Waals surface area (Å²) in [6.07, 6.45) is 0.175. The van der Waals surface area contributed by atoms with Gasteiger partial charge in [-0.2, -0.15) is 5.26 Å². The van der Waals surface area contributed by atoms with Crippen molar-refractivity contribution >= 4 is 11.6 Å². The molecule has 0 aliphatic heterocycles. The normalized spacial score (nSPS) is 12.1. The van der Waals surface area contributed by atoms with E-state index in [0.29, 0.717) is 16.1 Å². The Balaban J connectivity index is 3.12. The number of nitrogens with zero attached hydrogens (tertiary/aromatic N) is 1. The SMILES string of the molecule is Cc1c(Cl)ccc([C@H](N)CC#N)c1O. The van der Waals surface area contributed by atoms with E-state index in [9.17, 15) is 5.11 Å². The minimum atomic E-state index is -0.462. The molecule has 0 aliphatic rings. The lowest BCUT2D eigenvalue weighted by atomic mass is 10.0. The molecule has 0 saturated heterocycles. The van der Waals surface area contributed by atoms with Crippen molar-refractivity contribution in [3.63, 3.8) is 0 Å². The van der Waals surface area contributed by atoms with E-state index in [0.717, 1.165) is 0 Å². The van der Waals surface area contributed by atoms with Crippen molar-refractivity contribution in [1.29, 1.82) is 5.26 Å². The van der Waals surface area contributed by atoms with Crippen LogP contribution in [0, 0.1) is 18.3 Å². The molecular weight excluding hydrogens is 200 g/mol. The van der Waals surface area contributed by atoms with Crippen molar-refractivity contribution in [3.05, 3.63) is 28.3 Å². The van der Waals surface area contributed by atoms with Crippen molar-refractivity contribution < 1.29 is 5.11 Å². The quantitative estimate of drug-likeness (QED) is 0.787. The number of phenolic OH excluding ortho intramolecular Hbond substituents is 1. The van der Waals surface area contributed by atoms with Gasteiger partial charge >= 0.3 is 0 Å². The van der Waals surface area contributed by atoms with Crippen molar-refractivity contribution in [2.24, 2.45) is 5.73 Å². The van der Waals surface area contributed by atoms with Crippen molar-refractivity contribution in [2.45, 2.75) is 19.4 Å². The summed E-state index contributed by atoms with van der Waals surface area (Å²) in [7, 11) is 0. The molecular formula is C10H11ClN2O. The topological polar surface area (TPSA) is 70.0 Å². The smallest absolute Gasteiger partial charge is 0.124 e. The first-order valence-corrected chi connectivity index (χ1v) is 4.56. The Morgan fingerprint density at radius 1 is 1.64 bits per heavy atom. The Hall–Kier alpha value is -1.24. The molecule has 0 heterocycles. The molecule has 0 amide bonds. The van der Waals surface area contributed by atoms with Crippen LogP contribution in [-0.2, 0) is 0 Å². The average molecular weight is 211 g/mol. The zero-order valence-electron chi connectivity index (χ0n) is 7.79. The summed E-state index contributed by atoms with van der Waals surface area (Å²) in [4.78, 5) is 0. The van der Waals surface area contributed by atoms with Crippen LogP contribution in [0.15, 0.2) is 12.1 Å². The van der Waals surface area contributed by atoms with Gasteiger partial charge in [-0.3, -0.25) is 0 Å². The fraction of sp³-hybridized carbons (Fsp3) is 0.300. The maximum absolute atomic E-state index is 9.70. The van der Waals surface area contributed by atoms with Gasteiger partial charge in [0.15, 0.2) is 0 Å². The molecule has 0 unspecified atom stereocenters. The van der Waals surface area contributed by atoms with E-state index < -0.39 is 6.04 Å². The predicted octanol–water partition coefficient (Wildman–Crippen LogP) is 2.27. The average Bonchev–Trinajstić information content (AvgIpc) is 2.15. The Kier molecular flexibility index (Phi) is 3.34. The highest BCUT2D eigenvalue weighted by Gasteiger charge is 2.13. The number of benzene rings is 1. The molecule has 0 aliphatic carbocycles. The number of aromatic hydroxyl groups is 1. The summed E-state index contributed by atoms with van der Waals surface area (Å²) in [5, 5.41) is 18.7. The van der Waals surface area contributed by atoms with Crippen LogP contribution >= 0.6 is 11.6 Å². The standard InChI is InChI=1S/C10H11ClN2O/c1-6-8(11)3-2-7(10(6)14)9(13)4-5-12/h2-3,9,14H,4,13H2,1H3/t9-/m1/s1. The molecule has 4 heteroatoms. The molecule has 3 N–H and O–H groups in total. The minimum Gasteiger partial charge on any atom is -0.507 e. The molecule has 74 valence electrons. The number of rotatable bonds is 2. The number of hydrogen-bond donors (Lipinski definition) is 2. The van der Waals surface area contributed by atoms with Crippen LogP contribution in [0.2, 0.25) is 5.02 Å². The lowest BCUT2D eigenvalue weighted by molar-refractivity contribution is 0.458. The lowest BCUT2D eigenvalue weighted by Gasteiger charge is -2.12. The van der Waals surface area contributed by atoms with Gasteiger partial charge in [0.2, 0.25) is 0 Å². The number of halogens is 1. The summed E-state index contributed by atoms with van der Waals surface area (Å²) < 4.78 is 0. The lowest BCUT2D eigenvalue weighted by Crippen LogP contribution is -2.09. The summed E-state index contributed by atoms with van der Waals surface area (Å²) in [5.74, 6) is 0.0836. The summed E-state index contributed by atoms with van der Waals surface area (Å²) >= 11 is 5.80. The van der Waals surface area contributed by atoms with Gasteiger partial charge in [0.1, 0.15) is 5.75 Å². The summed E-state index contributed by atoms with van der Waals surface area (Å²) in [5.41, 5.74) is 6.86. The first-order valence-electron chi connectivity index (χ1n) is 4.18. The fourth-order valence-electron chi connectivity index (χ4n) is 1.20. The van der Waals surface area contributed by atoms with E-state index in [4.69, 9.17) is 22.6 Å². The third-order valence-corrected chi connectivity index (χ3v) is 2.52. The van der Waals surface area contributed by atoms with Crippen LogP contribution in [-0.4, -0.2) is 5.11 Å². The largest absolute Gasteiger partial charge is 0.507 e.